The zero-order chi connectivity index (χ0) is 102. The summed E-state index contributed by atoms with van der Waals surface area (Å²) >= 11 is 0. The van der Waals surface area contributed by atoms with Crippen LogP contribution in [0.1, 0.15) is 75.9 Å². The Bertz CT molecular complexity index is 6960. The molecule has 5 unspecified atom stereocenters. The lowest BCUT2D eigenvalue weighted by molar-refractivity contribution is -0.0578. The second-order valence-electron chi connectivity index (χ2n) is 32.9. The number of nitrogens with zero attached hydrogens (tertiary/aromatic N) is 12. The molecule has 7 aromatic heterocycles. The number of aryl methyl sites for hydroxylation is 4. The maximum absolute atomic E-state index is 14.6. The van der Waals surface area contributed by atoms with Crippen molar-refractivity contribution in [3.8, 4) is 0 Å². The Balaban J connectivity index is 0.000000147. The van der Waals surface area contributed by atoms with Crippen LogP contribution in [-0.4, -0.2) is 257 Å². The number of benzene rings is 5. The Labute approximate surface area is 777 Å². The first-order valence-electron chi connectivity index (χ1n) is 42.5. The van der Waals surface area contributed by atoms with Gasteiger partial charge in [-0.2, -0.15) is 17.6 Å². The molecule has 0 spiro atoms. The van der Waals surface area contributed by atoms with Gasteiger partial charge in [-0.15, -0.1) is 0 Å². The molecule has 20 atom stereocenters. The molecule has 140 heavy (non-hydrogen) atoms. The summed E-state index contributed by atoms with van der Waals surface area (Å²) in [6, 6.07) is 26.6. The topological polar surface area (TPSA) is 622 Å². The Hall–Kier alpha value is -12.9. The first kappa shape index (κ1) is 104. The molecule has 0 saturated carbocycles. The van der Waals surface area contributed by atoms with E-state index in [9.17, 15) is 160 Å². The largest absolute Gasteiger partial charge is 0.394 e. The van der Waals surface area contributed by atoms with Gasteiger partial charge in [0.15, 0.2) is 42.3 Å². The van der Waals surface area contributed by atoms with Crippen LogP contribution in [0, 0.1) is 44.0 Å². The number of aliphatic hydroxyl groups is 15. The third-order valence-electron chi connectivity index (χ3n) is 23.6. The van der Waals surface area contributed by atoms with Crippen LogP contribution >= 0.6 is 0 Å². The number of hydrogen-bond donors (Lipinski definition) is 15. The van der Waals surface area contributed by atoms with E-state index < -0.39 is 260 Å². The smallest absolute Gasteiger partial charge is 0.333 e. The average molecular weight is 1980 g/mol. The molecule has 12 heterocycles. The summed E-state index contributed by atoms with van der Waals surface area (Å²) in [4.78, 5) is 125. The van der Waals surface area contributed by atoms with Gasteiger partial charge in [0, 0.05) is 88.9 Å². The highest BCUT2D eigenvalue weighted by molar-refractivity contribution is 5.80. The molecule has 5 saturated heterocycles. The highest BCUT2D eigenvalue weighted by Crippen LogP contribution is 2.36. The van der Waals surface area contributed by atoms with Gasteiger partial charge in [-0.05, 0) is 69.2 Å². The van der Waals surface area contributed by atoms with E-state index in [4.69, 9.17) is 32.7 Å². The number of aromatic nitrogens is 12. The third-order valence-corrected chi connectivity index (χ3v) is 23.6. The summed E-state index contributed by atoms with van der Waals surface area (Å²) in [5.41, 5.74) is -8.30. The molecule has 15 N–H and O–H groups in total. The minimum absolute atomic E-state index is 0.0267. The van der Waals surface area contributed by atoms with E-state index in [2.05, 4.69) is 10.3 Å². The molecule has 17 rings (SSSR count). The van der Waals surface area contributed by atoms with E-state index in [1.54, 1.807) is 12.1 Å². The van der Waals surface area contributed by atoms with Crippen molar-refractivity contribution >= 4 is 21.9 Å². The highest BCUT2D eigenvalue weighted by atomic mass is 19.3. The minimum Gasteiger partial charge on any atom is -0.394 e. The molecule has 5 aromatic carbocycles. The molecule has 12 aromatic rings. The van der Waals surface area contributed by atoms with Crippen molar-refractivity contribution in [2.45, 2.75) is 194 Å². The minimum atomic E-state index is -3.50. The molecule has 0 aliphatic carbocycles. The van der Waals surface area contributed by atoms with Crippen LogP contribution in [0.25, 0.3) is 21.9 Å². The van der Waals surface area contributed by atoms with E-state index >= 15 is 0 Å². The van der Waals surface area contributed by atoms with Crippen LogP contribution in [0.4, 0.5) is 35.1 Å². The second-order valence-corrected chi connectivity index (χ2v) is 32.9. The lowest BCUT2D eigenvalue weighted by Gasteiger charge is -2.22. The standard InChI is InChI=1S/3C18H20F2N2O6.2C17H16FN3O7/c1-9-7-22(17-15(25)14(24)13(8-23)28-17)18(27)21(16(9)26)5-4-10-2-3-11(19)6-12(10)20;2*1-10-7-21(16-14(25)13(24)12(8-23)28-16)17(27)22(15(10)26)9-18(19,20)11-5-3-2-4-6-11;18-8-1-2-11-9(5-8)10(19-28-11)6-21-13(23)3-4-20(17(21)26)16-15(25)14(24)12(7-22)27-16;18-8-2-1-3-10-13(8)9(19-28-10)6-21-12(23)4-5-20(17(21)26)16-15(25)14(24)11(7-22)27-16/h2-3,6-7,13-15,17,23-25H,4-5,8H2,1H3;2*2-7,12-14,16,23-25H,8-9H2,1H3;1-5,12,14-16,22,24-25H,6-7H2;1-5,11,14-16,22,24-25H,6-7H2/t13-,14?,15+,17-;2*12-,13?,14+,16-;12-,14+,15?,16-;11-,14+,15?,16-/m11111/s1. The molecule has 5 aliphatic heterocycles. The number of ether oxygens (including phenoxy) is 5. The van der Waals surface area contributed by atoms with Gasteiger partial charge in [0.25, 0.3) is 39.6 Å². The maximum Gasteiger partial charge on any atom is 0.333 e. The van der Waals surface area contributed by atoms with Crippen LogP contribution in [0.15, 0.2) is 215 Å². The third kappa shape index (κ3) is 21.4. The number of alkyl halides is 4. The van der Waals surface area contributed by atoms with Gasteiger partial charge in [0.2, 0.25) is 0 Å². The van der Waals surface area contributed by atoms with Gasteiger partial charge in [-0.3, -0.25) is 69.6 Å². The van der Waals surface area contributed by atoms with E-state index in [1.165, 1.54) is 118 Å². The first-order chi connectivity index (χ1) is 66.4. The van der Waals surface area contributed by atoms with E-state index in [0.29, 0.717) is 26.2 Å². The number of hydrogen-bond acceptors (Lipinski definition) is 34. The summed E-state index contributed by atoms with van der Waals surface area (Å²) in [6.07, 6.45) is -21.6. The van der Waals surface area contributed by atoms with Crippen molar-refractivity contribution in [2.24, 2.45) is 0 Å². The van der Waals surface area contributed by atoms with Crippen LogP contribution in [0.3, 0.4) is 0 Å². The van der Waals surface area contributed by atoms with Gasteiger partial charge < -0.3 is 109 Å². The molecule has 752 valence electrons. The van der Waals surface area contributed by atoms with Gasteiger partial charge in [-0.1, -0.05) is 83.1 Å². The van der Waals surface area contributed by atoms with Gasteiger partial charge in [0.1, 0.15) is 126 Å². The summed E-state index contributed by atoms with van der Waals surface area (Å²) in [6.45, 7) is -2.07. The maximum atomic E-state index is 14.6. The zero-order valence-electron chi connectivity index (χ0n) is 73.4. The molecular weight excluding hydrogens is 1890 g/mol. The summed E-state index contributed by atoms with van der Waals surface area (Å²) in [5.74, 6) is -9.66. The van der Waals surface area contributed by atoms with Gasteiger partial charge in [-0.25, -0.2) is 41.5 Å². The van der Waals surface area contributed by atoms with Crippen LogP contribution in [0.5, 0.6) is 0 Å². The van der Waals surface area contributed by atoms with Crippen LogP contribution in [-0.2, 0) is 74.7 Å². The lowest BCUT2D eigenvalue weighted by atomic mass is 10.1. The van der Waals surface area contributed by atoms with Crippen molar-refractivity contribution in [3.05, 3.63) is 331 Å². The number of fused-ring (bicyclic) bond motifs is 2. The number of halogens is 8. The fourth-order valence-corrected chi connectivity index (χ4v) is 16.0. The summed E-state index contributed by atoms with van der Waals surface area (Å²) < 4.78 is 157. The Morgan fingerprint density at radius 2 is 0.686 bits per heavy atom. The SMILES string of the molecule is Cc1cn([C@@H]2O[C@H](CO)C(O)[C@@H]2O)c(=O)n(CC(F)(F)c2ccccc2)c1=O.Cc1cn([C@@H]2O[C@H](CO)C(O)[C@@H]2O)c(=O)n(CC(F)(F)c2ccccc2)c1=O.Cc1cn([C@@H]2O[C@H](CO)C(O)[C@@H]2O)c(=O)n(CCc2ccc(F)cc2F)c1=O.O=c1ccn([C@@H]2O[C@H](CO)[C@H](O)C2O)c(=O)n1Cc1noc2ccc(F)cc12.O=c1ccn([C@@H]2O[C@H](CO)[C@H](O)C2O)c(=O)n1Cc1noc2cccc(F)c12. The highest BCUT2D eigenvalue weighted by Gasteiger charge is 2.50. The fraction of sp³-hybridized carbons (Fsp3) is 0.409. The van der Waals surface area contributed by atoms with E-state index in [-0.39, 0.29) is 81.8 Å². The molecule has 5 fully saturated rings. The molecule has 5 aliphatic rings. The summed E-state index contributed by atoms with van der Waals surface area (Å²) in [7, 11) is 0. The van der Waals surface area contributed by atoms with E-state index in [0.717, 1.165) is 79.5 Å². The Morgan fingerprint density at radius 3 is 1.06 bits per heavy atom. The fourth-order valence-electron chi connectivity index (χ4n) is 16.0. The lowest BCUT2D eigenvalue weighted by Crippen LogP contribution is -2.46. The monoisotopic (exact) mass is 1980 g/mol. The molecular formula is C88H92F8N12O32. The van der Waals surface area contributed by atoms with Crippen molar-refractivity contribution in [2.75, 3.05) is 33.0 Å². The molecule has 0 radical (unpaired) electrons. The second kappa shape index (κ2) is 43.4. The molecule has 44 nitrogen and oxygen atoms in total. The quantitative estimate of drug-likeness (QED) is 0.0280. The van der Waals surface area contributed by atoms with Crippen molar-refractivity contribution in [1.82, 2.24) is 56.0 Å². The Morgan fingerprint density at radius 1 is 0.350 bits per heavy atom. The van der Waals surface area contributed by atoms with Gasteiger partial charge >= 0.3 is 28.4 Å². The number of aliphatic hydroxyl groups excluding tert-OH is 15. The van der Waals surface area contributed by atoms with Crippen molar-refractivity contribution in [3.63, 3.8) is 0 Å². The van der Waals surface area contributed by atoms with Gasteiger partial charge in [0.05, 0.1) is 64.6 Å². The number of rotatable bonds is 23. The first-order valence-corrected chi connectivity index (χ1v) is 42.5. The van der Waals surface area contributed by atoms with Crippen molar-refractivity contribution in [1.29, 1.82) is 0 Å². The molecule has 52 heteroatoms. The van der Waals surface area contributed by atoms with Crippen molar-refractivity contribution < 1.29 is 144 Å². The predicted octanol–water partition coefficient (Wildman–Crippen LogP) is -3.21. The summed E-state index contributed by atoms with van der Waals surface area (Å²) in [5, 5.41) is 154. The van der Waals surface area contributed by atoms with E-state index in [1.807, 2.05) is 0 Å². The van der Waals surface area contributed by atoms with Crippen LogP contribution < -0.4 is 56.2 Å². The molecule has 0 bridgehead atoms. The predicted molar refractivity (Wildman–Crippen MR) is 461 cm³/mol. The average Bonchev–Trinajstić information content (AvgIpc) is 1.48. The normalized spacial score (nSPS) is 25.0. The molecule has 0 amide bonds. The van der Waals surface area contributed by atoms with Crippen LogP contribution in [0.2, 0.25) is 0 Å². The Kier molecular flexibility index (Phi) is 32.4. The zero-order valence-corrected chi connectivity index (χ0v) is 73.4.